The van der Waals surface area contributed by atoms with Gasteiger partial charge in [0.15, 0.2) is 0 Å². The number of nitrogens with zero attached hydrogens (tertiary/aromatic N) is 1. The molecule has 1 unspecified atom stereocenters. The Labute approximate surface area is 82.3 Å². The normalized spacial score (nSPS) is 16.2. The molecular weight excluding hydrogens is 162 g/mol. The van der Waals surface area contributed by atoms with E-state index < -0.39 is 0 Å². The van der Waals surface area contributed by atoms with Gasteiger partial charge in [0.25, 0.3) is 0 Å². The maximum absolute atomic E-state index is 10.9. The second kappa shape index (κ2) is 5.38. The fraction of sp³-hybridized carbons (Fsp3) is 0.909. The fourth-order valence-corrected chi connectivity index (χ4v) is 1.50. The van der Waals surface area contributed by atoms with Crippen molar-refractivity contribution in [2.24, 2.45) is 5.41 Å². The Morgan fingerprint density at radius 2 is 2.00 bits per heavy atom. The second-order valence-corrected chi connectivity index (χ2v) is 4.53. The molecule has 0 fully saturated rings. The molecular formula is C11H23NO. The van der Waals surface area contributed by atoms with Crippen molar-refractivity contribution in [2.45, 2.75) is 46.6 Å². The highest BCUT2D eigenvalue weighted by molar-refractivity contribution is 5.58. The zero-order valence-corrected chi connectivity index (χ0v) is 9.63. The third-order valence-electron chi connectivity index (χ3n) is 2.60. The average molecular weight is 185 g/mol. The van der Waals surface area contributed by atoms with Crippen LogP contribution in [0.3, 0.4) is 0 Å². The molecule has 0 saturated carbocycles. The summed E-state index contributed by atoms with van der Waals surface area (Å²) in [5, 5.41) is 0. The summed E-state index contributed by atoms with van der Waals surface area (Å²) in [5.74, 6) is 0. The Balaban J connectivity index is 4.17. The minimum Gasteiger partial charge on any atom is -0.303 e. The van der Waals surface area contributed by atoms with E-state index in [1.165, 1.54) is 0 Å². The SMILES string of the molecule is CCCC(C)(C=O)CN(C)C(C)C. The van der Waals surface area contributed by atoms with Crippen molar-refractivity contribution in [1.29, 1.82) is 0 Å². The first-order valence-electron chi connectivity index (χ1n) is 5.11. The Kier molecular flexibility index (Phi) is 5.23. The molecule has 1 atom stereocenters. The van der Waals surface area contributed by atoms with Gasteiger partial charge in [-0.2, -0.15) is 0 Å². The van der Waals surface area contributed by atoms with Crippen molar-refractivity contribution in [2.75, 3.05) is 13.6 Å². The van der Waals surface area contributed by atoms with Crippen LogP contribution in [0.15, 0.2) is 0 Å². The molecule has 0 N–H and O–H groups in total. The minimum absolute atomic E-state index is 0.159. The lowest BCUT2D eigenvalue weighted by Crippen LogP contribution is -2.38. The highest BCUT2D eigenvalue weighted by Crippen LogP contribution is 2.21. The summed E-state index contributed by atoms with van der Waals surface area (Å²) in [4.78, 5) is 13.2. The van der Waals surface area contributed by atoms with Crippen molar-refractivity contribution < 1.29 is 4.79 Å². The van der Waals surface area contributed by atoms with Gasteiger partial charge in [-0.1, -0.05) is 20.3 Å². The molecule has 0 rings (SSSR count). The summed E-state index contributed by atoms with van der Waals surface area (Å²) in [5.41, 5.74) is -0.159. The Bertz CT molecular complexity index is 156. The van der Waals surface area contributed by atoms with Crippen LogP contribution in [0.1, 0.15) is 40.5 Å². The van der Waals surface area contributed by atoms with Gasteiger partial charge in [0.1, 0.15) is 6.29 Å². The first kappa shape index (κ1) is 12.6. The highest BCUT2D eigenvalue weighted by atomic mass is 16.1. The van der Waals surface area contributed by atoms with Crippen LogP contribution in [0.2, 0.25) is 0 Å². The van der Waals surface area contributed by atoms with Crippen LogP contribution < -0.4 is 0 Å². The second-order valence-electron chi connectivity index (χ2n) is 4.53. The number of hydrogen-bond donors (Lipinski definition) is 0. The van der Waals surface area contributed by atoms with Crippen molar-refractivity contribution in [3.63, 3.8) is 0 Å². The molecule has 2 heteroatoms. The Morgan fingerprint density at radius 1 is 1.46 bits per heavy atom. The Morgan fingerprint density at radius 3 is 2.31 bits per heavy atom. The average Bonchev–Trinajstić information content (AvgIpc) is 2.04. The largest absolute Gasteiger partial charge is 0.303 e. The van der Waals surface area contributed by atoms with E-state index in [1.54, 1.807) is 0 Å². The van der Waals surface area contributed by atoms with Crippen LogP contribution >= 0.6 is 0 Å². The maximum Gasteiger partial charge on any atom is 0.127 e. The van der Waals surface area contributed by atoms with Gasteiger partial charge in [-0.3, -0.25) is 0 Å². The number of aldehydes is 1. The number of rotatable bonds is 6. The molecule has 13 heavy (non-hydrogen) atoms. The number of carbonyl (C=O) groups is 1. The van der Waals surface area contributed by atoms with Crippen LogP contribution in [-0.2, 0) is 4.79 Å². The predicted octanol–water partition coefficient (Wildman–Crippen LogP) is 2.33. The first-order valence-corrected chi connectivity index (χ1v) is 5.11. The van der Waals surface area contributed by atoms with E-state index in [0.29, 0.717) is 6.04 Å². The Hall–Kier alpha value is -0.370. The molecule has 0 saturated heterocycles. The van der Waals surface area contributed by atoms with Gasteiger partial charge in [-0.15, -0.1) is 0 Å². The highest BCUT2D eigenvalue weighted by Gasteiger charge is 2.24. The molecule has 0 amide bonds. The lowest BCUT2D eigenvalue weighted by molar-refractivity contribution is -0.116. The lowest BCUT2D eigenvalue weighted by atomic mass is 9.86. The molecule has 0 aromatic heterocycles. The van der Waals surface area contributed by atoms with Gasteiger partial charge in [0.2, 0.25) is 0 Å². The molecule has 0 spiro atoms. The number of carbonyl (C=O) groups excluding carboxylic acids is 1. The smallest absolute Gasteiger partial charge is 0.127 e. The third kappa shape index (κ3) is 4.41. The standard InChI is InChI=1S/C11H23NO/c1-6-7-11(4,9-13)8-12(5)10(2)3/h9-10H,6-8H2,1-5H3. The van der Waals surface area contributed by atoms with Crippen molar-refractivity contribution in [1.82, 2.24) is 4.90 Å². The van der Waals surface area contributed by atoms with E-state index in [2.05, 4.69) is 32.7 Å². The molecule has 0 aliphatic carbocycles. The molecule has 0 aromatic carbocycles. The monoisotopic (exact) mass is 185 g/mol. The minimum atomic E-state index is -0.159. The molecule has 0 aliphatic heterocycles. The van der Waals surface area contributed by atoms with Crippen LogP contribution in [0.5, 0.6) is 0 Å². The molecule has 0 heterocycles. The van der Waals surface area contributed by atoms with Crippen molar-refractivity contribution in [3.8, 4) is 0 Å². The summed E-state index contributed by atoms with van der Waals surface area (Å²) < 4.78 is 0. The first-order chi connectivity index (χ1) is 5.95. The van der Waals surface area contributed by atoms with E-state index in [-0.39, 0.29) is 5.41 Å². The zero-order valence-electron chi connectivity index (χ0n) is 9.63. The van der Waals surface area contributed by atoms with Crippen molar-refractivity contribution in [3.05, 3.63) is 0 Å². The van der Waals surface area contributed by atoms with E-state index in [1.807, 2.05) is 6.92 Å². The van der Waals surface area contributed by atoms with E-state index in [0.717, 1.165) is 25.7 Å². The molecule has 0 aliphatic rings. The summed E-state index contributed by atoms with van der Waals surface area (Å²) in [6.45, 7) is 9.33. The van der Waals surface area contributed by atoms with Crippen LogP contribution in [0.4, 0.5) is 0 Å². The quantitative estimate of drug-likeness (QED) is 0.592. The molecule has 78 valence electrons. The predicted molar refractivity (Wildman–Crippen MR) is 56.8 cm³/mol. The summed E-state index contributed by atoms with van der Waals surface area (Å²) >= 11 is 0. The van der Waals surface area contributed by atoms with Gasteiger partial charge >= 0.3 is 0 Å². The molecule has 0 radical (unpaired) electrons. The van der Waals surface area contributed by atoms with E-state index in [9.17, 15) is 4.79 Å². The molecule has 0 bridgehead atoms. The molecule has 0 aromatic rings. The zero-order chi connectivity index (χ0) is 10.5. The lowest BCUT2D eigenvalue weighted by Gasteiger charge is -2.31. The van der Waals surface area contributed by atoms with Crippen LogP contribution in [0, 0.1) is 5.41 Å². The number of hydrogen-bond acceptors (Lipinski definition) is 2. The van der Waals surface area contributed by atoms with Gasteiger partial charge in [-0.25, -0.2) is 0 Å². The fourth-order valence-electron chi connectivity index (χ4n) is 1.50. The van der Waals surface area contributed by atoms with Crippen LogP contribution in [-0.4, -0.2) is 30.8 Å². The summed E-state index contributed by atoms with van der Waals surface area (Å²) in [6.07, 6.45) is 3.16. The van der Waals surface area contributed by atoms with E-state index in [4.69, 9.17) is 0 Å². The van der Waals surface area contributed by atoms with Crippen LogP contribution in [0.25, 0.3) is 0 Å². The van der Waals surface area contributed by atoms with E-state index >= 15 is 0 Å². The summed E-state index contributed by atoms with van der Waals surface area (Å²) in [6, 6.07) is 0.510. The van der Waals surface area contributed by atoms with Gasteiger partial charge in [0, 0.05) is 18.0 Å². The third-order valence-corrected chi connectivity index (χ3v) is 2.60. The summed E-state index contributed by atoms with van der Waals surface area (Å²) in [7, 11) is 2.07. The van der Waals surface area contributed by atoms with Crippen molar-refractivity contribution >= 4 is 6.29 Å². The topological polar surface area (TPSA) is 20.3 Å². The molecule has 2 nitrogen and oxygen atoms in total. The maximum atomic E-state index is 10.9. The van der Waals surface area contributed by atoms with Gasteiger partial charge < -0.3 is 9.69 Å². The van der Waals surface area contributed by atoms with Gasteiger partial charge in [-0.05, 0) is 27.3 Å². The van der Waals surface area contributed by atoms with Gasteiger partial charge in [0.05, 0.1) is 0 Å².